The molecular formula is C16H23N3O4. The number of methoxy groups -OCH3 is 1. The number of hydrogen-bond donors (Lipinski definition) is 2. The van der Waals surface area contributed by atoms with Crippen molar-refractivity contribution in [3.63, 3.8) is 0 Å². The van der Waals surface area contributed by atoms with E-state index in [4.69, 9.17) is 9.47 Å². The van der Waals surface area contributed by atoms with E-state index in [0.29, 0.717) is 44.0 Å². The summed E-state index contributed by atoms with van der Waals surface area (Å²) in [6, 6.07) is 7.00. The van der Waals surface area contributed by atoms with E-state index in [9.17, 15) is 9.59 Å². The predicted octanol–water partition coefficient (Wildman–Crippen LogP) is 2.44. The van der Waals surface area contributed by atoms with Gasteiger partial charge in [-0.25, -0.2) is 9.59 Å². The van der Waals surface area contributed by atoms with E-state index in [0.717, 1.165) is 0 Å². The van der Waals surface area contributed by atoms with Gasteiger partial charge in [0.05, 0.1) is 19.4 Å². The van der Waals surface area contributed by atoms with Gasteiger partial charge in [-0.15, -0.1) is 0 Å². The zero-order chi connectivity index (χ0) is 16.7. The Labute approximate surface area is 135 Å². The van der Waals surface area contributed by atoms with Crippen molar-refractivity contribution in [2.75, 3.05) is 32.1 Å². The van der Waals surface area contributed by atoms with Gasteiger partial charge in [-0.1, -0.05) is 12.1 Å². The molecule has 0 saturated carbocycles. The molecule has 23 heavy (non-hydrogen) atoms. The van der Waals surface area contributed by atoms with Crippen molar-refractivity contribution < 1.29 is 19.1 Å². The molecule has 7 heteroatoms. The van der Waals surface area contributed by atoms with Crippen molar-refractivity contribution >= 4 is 17.8 Å². The molecule has 7 nitrogen and oxygen atoms in total. The summed E-state index contributed by atoms with van der Waals surface area (Å²) in [5.41, 5.74) is 0.622. The van der Waals surface area contributed by atoms with Gasteiger partial charge in [-0.3, -0.25) is 0 Å². The lowest BCUT2D eigenvalue weighted by atomic mass is 10.1. The molecule has 0 aliphatic carbocycles. The van der Waals surface area contributed by atoms with E-state index in [1.54, 1.807) is 31.1 Å². The molecule has 1 aliphatic heterocycles. The maximum atomic E-state index is 12.1. The van der Waals surface area contributed by atoms with Crippen LogP contribution in [-0.2, 0) is 4.74 Å². The highest BCUT2D eigenvalue weighted by Gasteiger charge is 2.24. The summed E-state index contributed by atoms with van der Waals surface area (Å²) in [4.78, 5) is 25.4. The second kappa shape index (κ2) is 8.26. The zero-order valence-electron chi connectivity index (χ0n) is 13.5. The maximum Gasteiger partial charge on any atom is 0.409 e. The molecule has 126 valence electrons. The Hall–Kier alpha value is -2.44. The molecule has 1 heterocycles. The van der Waals surface area contributed by atoms with Crippen LogP contribution in [-0.4, -0.2) is 49.9 Å². The number of para-hydroxylation sites is 2. The van der Waals surface area contributed by atoms with E-state index in [-0.39, 0.29) is 18.2 Å². The molecule has 1 aromatic rings. The fourth-order valence-electron chi connectivity index (χ4n) is 2.51. The molecule has 2 rings (SSSR count). The van der Waals surface area contributed by atoms with Crippen LogP contribution in [0.3, 0.4) is 0 Å². The van der Waals surface area contributed by atoms with Crippen LogP contribution in [0, 0.1) is 0 Å². The number of nitrogens with one attached hydrogen (secondary N) is 2. The van der Waals surface area contributed by atoms with Gasteiger partial charge in [0.1, 0.15) is 5.75 Å². The van der Waals surface area contributed by atoms with Gasteiger partial charge in [0, 0.05) is 19.1 Å². The summed E-state index contributed by atoms with van der Waals surface area (Å²) in [6.07, 6.45) is 1.13. The third kappa shape index (κ3) is 4.77. The minimum absolute atomic E-state index is 0.0374. The average Bonchev–Trinajstić information content (AvgIpc) is 2.56. The van der Waals surface area contributed by atoms with Crippen LogP contribution in [0.4, 0.5) is 15.3 Å². The summed E-state index contributed by atoms with van der Waals surface area (Å²) >= 11 is 0. The Morgan fingerprint density at radius 2 is 1.96 bits per heavy atom. The number of benzene rings is 1. The number of anilines is 1. The van der Waals surface area contributed by atoms with Crippen molar-refractivity contribution in [3.05, 3.63) is 24.3 Å². The molecular weight excluding hydrogens is 298 g/mol. The fraction of sp³-hybridized carbons (Fsp3) is 0.500. The molecule has 0 radical (unpaired) electrons. The summed E-state index contributed by atoms with van der Waals surface area (Å²) in [5, 5.41) is 5.71. The number of likely N-dealkylation sites (tertiary alicyclic amines) is 1. The van der Waals surface area contributed by atoms with E-state index in [1.165, 1.54) is 0 Å². The highest BCUT2D eigenvalue weighted by Crippen LogP contribution is 2.23. The summed E-state index contributed by atoms with van der Waals surface area (Å²) < 4.78 is 10.2. The first-order chi connectivity index (χ1) is 11.1. The Kier molecular flexibility index (Phi) is 6.08. The topological polar surface area (TPSA) is 79.9 Å². The minimum atomic E-state index is -0.288. The molecule has 0 spiro atoms. The van der Waals surface area contributed by atoms with Gasteiger partial charge in [0.15, 0.2) is 0 Å². The molecule has 1 saturated heterocycles. The number of carbonyl (C=O) groups is 2. The van der Waals surface area contributed by atoms with Gasteiger partial charge >= 0.3 is 12.1 Å². The Morgan fingerprint density at radius 3 is 2.61 bits per heavy atom. The molecule has 0 unspecified atom stereocenters. The van der Waals surface area contributed by atoms with E-state index in [1.807, 2.05) is 12.1 Å². The van der Waals surface area contributed by atoms with Gasteiger partial charge in [0.2, 0.25) is 0 Å². The minimum Gasteiger partial charge on any atom is -0.495 e. The number of amides is 3. The van der Waals surface area contributed by atoms with Gasteiger partial charge < -0.3 is 25.0 Å². The Bertz CT molecular complexity index is 542. The molecule has 0 bridgehead atoms. The zero-order valence-corrected chi connectivity index (χ0v) is 13.5. The van der Waals surface area contributed by atoms with Crippen LogP contribution in [0.5, 0.6) is 5.75 Å². The van der Waals surface area contributed by atoms with Crippen LogP contribution in [0.25, 0.3) is 0 Å². The summed E-state index contributed by atoms with van der Waals surface area (Å²) in [7, 11) is 1.56. The second-order valence-corrected chi connectivity index (χ2v) is 5.26. The lowest BCUT2D eigenvalue weighted by Crippen LogP contribution is -2.47. The molecule has 3 amide bonds. The van der Waals surface area contributed by atoms with Crippen molar-refractivity contribution in [1.82, 2.24) is 10.2 Å². The van der Waals surface area contributed by atoms with Gasteiger partial charge in [-0.05, 0) is 31.9 Å². The standard InChI is InChI=1S/C16H23N3O4/c1-3-23-16(21)19-10-8-12(9-11-19)17-15(20)18-13-6-4-5-7-14(13)22-2/h4-7,12H,3,8-11H2,1-2H3,(H2,17,18,20). The van der Waals surface area contributed by atoms with Gasteiger partial charge in [-0.2, -0.15) is 0 Å². The van der Waals surface area contributed by atoms with Crippen LogP contribution in [0.1, 0.15) is 19.8 Å². The van der Waals surface area contributed by atoms with E-state index >= 15 is 0 Å². The van der Waals surface area contributed by atoms with Crippen LogP contribution >= 0.6 is 0 Å². The number of nitrogens with zero attached hydrogens (tertiary/aromatic N) is 1. The molecule has 1 fully saturated rings. The van der Waals surface area contributed by atoms with Crippen LogP contribution in [0.15, 0.2) is 24.3 Å². The Morgan fingerprint density at radius 1 is 1.26 bits per heavy atom. The number of hydrogen-bond acceptors (Lipinski definition) is 4. The number of carbonyl (C=O) groups excluding carboxylic acids is 2. The first kappa shape index (κ1) is 16.9. The fourth-order valence-corrected chi connectivity index (χ4v) is 2.51. The Balaban J connectivity index is 1.80. The first-order valence-corrected chi connectivity index (χ1v) is 7.76. The number of piperidine rings is 1. The second-order valence-electron chi connectivity index (χ2n) is 5.26. The molecule has 0 aromatic heterocycles. The quantitative estimate of drug-likeness (QED) is 0.892. The third-order valence-electron chi connectivity index (χ3n) is 3.71. The van der Waals surface area contributed by atoms with E-state index in [2.05, 4.69) is 10.6 Å². The van der Waals surface area contributed by atoms with Crippen molar-refractivity contribution in [3.8, 4) is 5.75 Å². The SMILES string of the molecule is CCOC(=O)N1CCC(NC(=O)Nc2ccccc2OC)CC1. The van der Waals surface area contributed by atoms with Crippen molar-refractivity contribution in [2.24, 2.45) is 0 Å². The molecule has 0 atom stereocenters. The molecule has 2 N–H and O–H groups in total. The summed E-state index contributed by atoms with van der Waals surface area (Å²) in [6.45, 7) is 3.32. The number of rotatable bonds is 4. The monoisotopic (exact) mass is 321 g/mol. The highest BCUT2D eigenvalue weighted by atomic mass is 16.6. The summed E-state index contributed by atoms with van der Waals surface area (Å²) in [5.74, 6) is 0.611. The smallest absolute Gasteiger partial charge is 0.409 e. The lowest BCUT2D eigenvalue weighted by molar-refractivity contribution is 0.0959. The predicted molar refractivity (Wildman–Crippen MR) is 86.8 cm³/mol. The average molecular weight is 321 g/mol. The maximum absolute atomic E-state index is 12.1. The number of ether oxygens (including phenoxy) is 2. The normalized spacial score (nSPS) is 15.0. The highest BCUT2D eigenvalue weighted by molar-refractivity contribution is 5.91. The first-order valence-electron chi connectivity index (χ1n) is 7.76. The third-order valence-corrected chi connectivity index (χ3v) is 3.71. The van der Waals surface area contributed by atoms with E-state index < -0.39 is 0 Å². The van der Waals surface area contributed by atoms with Gasteiger partial charge in [0.25, 0.3) is 0 Å². The van der Waals surface area contributed by atoms with Crippen molar-refractivity contribution in [1.29, 1.82) is 0 Å². The molecule has 1 aromatic carbocycles. The largest absolute Gasteiger partial charge is 0.495 e. The van der Waals surface area contributed by atoms with Crippen molar-refractivity contribution in [2.45, 2.75) is 25.8 Å². The number of urea groups is 1. The van der Waals surface area contributed by atoms with Crippen LogP contribution < -0.4 is 15.4 Å². The van der Waals surface area contributed by atoms with Crippen LogP contribution in [0.2, 0.25) is 0 Å². The molecule has 1 aliphatic rings. The lowest BCUT2D eigenvalue weighted by Gasteiger charge is -2.31.